The lowest BCUT2D eigenvalue weighted by Crippen LogP contribution is -2.35. The second kappa shape index (κ2) is 10.0. The summed E-state index contributed by atoms with van der Waals surface area (Å²) in [6.07, 6.45) is -4.69. The van der Waals surface area contributed by atoms with Crippen molar-refractivity contribution in [3.8, 4) is 0 Å². The normalized spacial score (nSPS) is 14.3. The number of amides is 1. The molecule has 0 aliphatic carbocycles. The molecule has 4 rings (SSSR count). The number of nitrogens with zero attached hydrogens (tertiary/aromatic N) is 4. The smallest absolute Gasteiger partial charge is 0.343 e. The van der Waals surface area contributed by atoms with Gasteiger partial charge in [-0.3, -0.25) is 14.4 Å². The lowest BCUT2D eigenvalue weighted by Gasteiger charge is -2.32. The highest BCUT2D eigenvalue weighted by molar-refractivity contribution is 5.93. The van der Waals surface area contributed by atoms with E-state index in [4.69, 9.17) is 0 Å². The number of hydrogen-bond donors (Lipinski definition) is 0. The van der Waals surface area contributed by atoms with Crippen molar-refractivity contribution >= 4 is 5.91 Å². The Labute approximate surface area is 197 Å². The largest absolute Gasteiger partial charge is 0.390 e. The van der Waals surface area contributed by atoms with E-state index in [-0.39, 0.29) is 24.1 Å². The Morgan fingerprint density at radius 2 is 1.62 bits per heavy atom. The van der Waals surface area contributed by atoms with Crippen molar-refractivity contribution in [1.29, 1.82) is 0 Å². The quantitative estimate of drug-likeness (QED) is 0.502. The molecule has 3 aromatic rings. The van der Waals surface area contributed by atoms with Crippen LogP contribution in [0.5, 0.6) is 0 Å². The molecule has 180 valence electrons. The van der Waals surface area contributed by atoms with Crippen molar-refractivity contribution in [1.82, 2.24) is 19.6 Å². The van der Waals surface area contributed by atoms with Crippen LogP contribution >= 0.6 is 0 Å². The molecular formula is C26H29F3N4O. The fourth-order valence-corrected chi connectivity index (χ4v) is 4.54. The number of carbonyl (C=O) groups is 1. The molecule has 2 aromatic carbocycles. The predicted molar refractivity (Wildman–Crippen MR) is 125 cm³/mol. The molecule has 2 heterocycles. The van der Waals surface area contributed by atoms with Gasteiger partial charge in [0.25, 0.3) is 5.91 Å². The van der Waals surface area contributed by atoms with Crippen LogP contribution in [-0.4, -0.2) is 58.8 Å². The highest BCUT2D eigenvalue weighted by Crippen LogP contribution is 2.30. The van der Waals surface area contributed by atoms with Gasteiger partial charge in [0.05, 0.1) is 6.42 Å². The first-order valence-corrected chi connectivity index (χ1v) is 11.4. The predicted octanol–water partition coefficient (Wildman–Crippen LogP) is 4.73. The van der Waals surface area contributed by atoms with Crippen LogP contribution in [0, 0.1) is 0 Å². The topological polar surface area (TPSA) is 41.4 Å². The summed E-state index contributed by atoms with van der Waals surface area (Å²) < 4.78 is 40.0. The van der Waals surface area contributed by atoms with Crippen LogP contribution in [0.15, 0.2) is 60.7 Å². The van der Waals surface area contributed by atoms with Gasteiger partial charge in [-0.05, 0) is 11.1 Å². The van der Waals surface area contributed by atoms with Gasteiger partial charge in [-0.25, -0.2) is 0 Å². The van der Waals surface area contributed by atoms with Gasteiger partial charge in [0.2, 0.25) is 0 Å². The number of aryl methyl sites for hydroxylation is 1. The zero-order valence-corrected chi connectivity index (χ0v) is 19.4. The zero-order chi connectivity index (χ0) is 24.3. The Bertz CT molecular complexity index is 1070. The van der Waals surface area contributed by atoms with Crippen LogP contribution in [0.3, 0.4) is 0 Å². The van der Waals surface area contributed by atoms with Gasteiger partial charge in [0, 0.05) is 63.9 Å². The maximum absolute atomic E-state index is 12.9. The van der Waals surface area contributed by atoms with Crippen LogP contribution in [0.2, 0.25) is 0 Å². The fourth-order valence-electron chi connectivity index (χ4n) is 4.54. The summed E-state index contributed by atoms with van der Waals surface area (Å²) in [4.78, 5) is 16.5. The maximum Gasteiger partial charge on any atom is 0.390 e. The minimum Gasteiger partial charge on any atom is -0.343 e. The van der Waals surface area contributed by atoms with Gasteiger partial charge in [-0.2, -0.15) is 18.3 Å². The summed E-state index contributed by atoms with van der Waals surface area (Å²) in [5.74, 6) is -0.149. The molecule has 0 spiro atoms. The number of hydrogen-bond acceptors (Lipinski definition) is 3. The van der Waals surface area contributed by atoms with Crippen LogP contribution in [0.25, 0.3) is 0 Å². The molecule has 0 saturated carbocycles. The first-order valence-electron chi connectivity index (χ1n) is 11.4. The summed E-state index contributed by atoms with van der Waals surface area (Å²) in [6, 6.07) is 20.5. The van der Waals surface area contributed by atoms with Crippen LogP contribution in [0.4, 0.5) is 13.2 Å². The molecule has 0 unspecified atom stereocenters. The summed E-state index contributed by atoms with van der Waals surface area (Å²) in [5, 5.41) is 4.34. The molecular weight excluding hydrogens is 441 g/mol. The van der Waals surface area contributed by atoms with E-state index in [1.54, 1.807) is 14.1 Å². The standard InChI is InChI=1S/C26H29F3N4O/c1-31(2)25(34)24-22-18-32(15-13-23(22)33(30-24)16-14-26(27,28)29)17-21(19-9-5-3-6-10-19)20-11-7-4-8-12-20/h3-12,21H,13-18H2,1-2H3. The molecule has 5 nitrogen and oxygen atoms in total. The van der Waals surface area contributed by atoms with Crippen molar-refractivity contribution in [2.75, 3.05) is 27.2 Å². The highest BCUT2D eigenvalue weighted by atomic mass is 19.4. The third-order valence-electron chi connectivity index (χ3n) is 6.27. The summed E-state index contributed by atoms with van der Waals surface area (Å²) in [5.41, 5.74) is 4.13. The Kier molecular flexibility index (Phi) is 7.07. The van der Waals surface area contributed by atoms with Gasteiger partial charge < -0.3 is 4.90 Å². The molecule has 1 aliphatic rings. The van der Waals surface area contributed by atoms with Crippen LogP contribution in [0.1, 0.15) is 45.2 Å². The summed E-state index contributed by atoms with van der Waals surface area (Å²) in [7, 11) is 3.26. The van der Waals surface area contributed by atoms with E-state index >= 15 is 0 Å². The van der Waals surface area contributed by atoms with Crippen molar-refractivity contribution in [2.24, 2.45) is 0 Å². The second-order valence-electron chi connectivity index (χ2n) is 8.92. The number of aromatic nitrogens is 2. The first kappa shape index (κ1) is 24.0. The lowest BCUT2D eigenvalue weighted by atomic mass is 9.90. The number of benzene rings is 2. The minimum atomic E-state index is -4.27. The van der Waals surface area contributed by atoms with Gasteiger partial charge in [0.15, 0.2) is 5.69 Å². The molecule has 0 bridgehead atoms. The molecule has 0 radical (unpaired) electrons. The number of fused-ring (bicyclic) bond motifs is 1. The van der Waals surface area contributed by atoms with E-state index in [0.29, 0.717) is 19.5 Å². The Morgan fingerprint density at radius 3 is 2.15 bits per heavy atom. The third-order valence-corrected chi connectivity index (χ3v) is 6.27. The molecule has 34 heavy (non-hydrogen) atoms. The lowest BCUT2D eigenvalue weighted by molar-refractivity contribution is -0.137. The van der Waals surface area contributed by atoms with Crippen LogP contribution < -0.4 is 0 Å². The monoisotopic (exact) mass is 470 g/mol. The second-order valence-corrected chi connectivity index (χ2v) is 8.92. The number of alkyl halides is 3. The van der Waals surface area contributed by atoms with Crippen molar-refractivity contribution < 1.29 is 18.0 Å². The molecule has 1 aliphatic heterocycles. The van der Waals surface area contributed by atoms with E-state index < -0.39 is 12.6 Å². The summed E-state index contributed by atoms with van der Waals surface area (Å²) in [6.45, 7) is 1.63. The van der Waals surface area contributed by atoms with E-state index in [9.17, 15) is 18.0 Å². The molecule has 0 N–H and O–H groups in total. The highest BCUT2D eigenvalue weighted by Gasteiger charge is 2.32. The average Bonchev–Trinajstić information content (AvgIpc) is 3.19. The van der Waals surface area contributed by atoms with Gasteiger partial charge in [-0.1, -0.05) is 60.7 Å². The molecule has 0 fully saturated rings. The first-order chi connectivity index (χ1) is 16.2. The van der Waals surface area contributed by atoms with Crippen LogP contribution in [-0.2, 0) is 19.5 Å². The Balaban J connectivity index is 1.62. The fraction of sp³-hybridized carbons (Fsp3) is 0.385. The van der Waals surface area contributed by atoms with Gasteiger partial charge in [-0.15, -0.1) is 0 Å². The van der Waals surface area contributed by atoms with E-state index in [1.165, 1.54) is 20.7 Å². The number of rotatable bonds is 7. The molecule has 0 saturated heterocycles. The van der Waals surface area contributed by atoms with E-state index in [2.05, 4.69) is 34.3 Å². The molecule has 8 heteroatoms. The maximum atomic E-state index is 12.9. The van der Waals surface area contributed by atoms with Crippen molar-refractivity contribution in [3.63, 3.8) is 0 Å². The minimum absolute atomic E-state index is 0.136. The van der Waals surface area contributed by atoms with E-state index in [0.717, 1.165) is 17.8 Å². The molecule has 1 aromatic heterocycles. The molecule has 0 atom stereocenters. The third kappa shape index (κ3) is 5.50. The van der Waals surface area contributed by atoms with Crippen molar-refractivity contribution in [3.05, 3.63) is 88.7 Å². The van der Waals surface area contributed by atoms with Crippen molar-refractivity contribution in [2.45, 2.75) is 38.0 Å². The Morgan fingerprint density at radius 1 is 1.03 bits per heavy atom. The van der Waals surface area contributed by atoms with Gasteiger partial charge in [0.1, 0.15) is 0 Å². The SMILES string of the molecule is CN(C)C(=O)c1nn(CCC(F)(F)F)c2c1CN(CC(c1ccccc1)c1ccccc1)CC2. The van der Waals surface area contributed by atoms with E-state index in [1.807, 2.05) is 36.4 Å². The number of carbonyl (C=O) groups excluding carboxylic acids is 1. The number of halogens is 3. The molecule has 1 amide bonds. The Hall–Kier alpha value is -3.13. The summed E-state index contributed by atoms with van der Waals surface area (Å²) >= 11 is 0. The van der Waals surface area contributed by atoms with Gasteiger partial charge >= 0.3 is 6.18 Å². The average molecular weight is 471 g/mol. The zero-order valence-electron chi connectivity index (χ0n) is 19.4.